The summed E-state index contributed by atoms with van der Waals surface area (Å²) >= 11 is 0. The summed E-state index contributed by atoms with van der Waals surface area (Å²) in [6, 6.07) is 4.12. The van der Waals surface area contributed by atoms with Crippen LogP contribution in [-0.2, 0) is 6.54 Å². The van der Waals surface area contributed by atoms with Gasteiger partial charge in [-0.2, -0.15) is 5.26 Å². The van der Waals surface area contributed by atoms with E-state index in [1.165, 1.54) is 0 Å². The van der Waals surface area contributed by atoms with Crippen molar-refractivity contribution in [1.82, 2.24) is 14.9 Å². The van der Waals surface area contributed by atoms with Crippen molar-refractivity contribution in [2.75, 3.05) is 26.0 Å². The number of nitriles is 1. The van der Waals surface area contributed by atoms with E-state index in [4.69, 9.17) is 5.26 Å². The van der Waals surface area contributed by atoms with Gasteiger partial charge < -0.3 is 5.32 Å². The van der Waals surface area contributed by atoms with E-state index in [1.807, 2.05) is 34.0 Å². The number of nitrogens with zero attached hydrogens (tertiary/aromatic N) is 4. The molecular weight excluding hydrogens is 214 g/mol. The van der Waals surface area contributed by atoms with Gasteiger partial charge in [-0.05, 0) is 20.9 Å². The molecule has 0 bridgehead atoms. The van der Waals surface area contributed by atoms with Crippen LogP contribution < -0.4 is 5.32 Å². The van der Waals surface area contributed by atoms with Gasteiger partial charge >= 0.3 is 0 Å². The Morgan fingerprint density at radius 1 is 1.53 bits per heavy atom. The Hall–Kier alpha value is -1.67. The van der Waals surface area contributed by atoms with Crippen molar-refractivity contribution in [3.63, 3.8) is 0 Å². The molecule has 1 aromatic rings. The standard InChI is InChI=1S/C12H19N5/c1-9(6-13)7-17(4)8-12-15-10(2)5-11(14-3)16-12/h5,9H,7-8H2,1-4H3,(H,14,15,16). The average Bonchev–Trinajstić information content (AvgIpc) is 2.27. The molecule has 0 saturated heterocycles. The molecule has 0 aliphatic heterocycles. The average molecular weight is 233 g/mol. The van der Waals surface area contributed by atoms with Crippen LogP contribution in [0.2, 0.25) is 0 Å². The van der Waals surface area contributed by atoms with Crippen LogP contribution in [0, 0.1) is 24.2 Å². The molecule has 1 N–H and O–H groups in total. The molecule has 0 spiro atoms. The highest BCUT2D eigenvalue weighted by Gasteiger charge is 2.08. The Morgan fingerprint density at radius 2 is 2.24 bits per heavy atom. The van der Waals surface area contributed by atoms with Gasteiger partial charge in [-0.25, -0.2) is 9.97 Å². The van der Waals surface area contributed by atoms with Gasteiger partial charge in [0.2, 0.25) is 0 Å². The third-order valence-electron chi connectivity index (χ3n) is 2.37. The van der Waals surface area contributed by atoms with Crippen molar-refractivity contribution < 1.29 is 0 Å². The van der Waals surface area contributed by atoms with E-state index in [0.717, 1.165) is 23.9 Å². The Balaban J connectivity index is 2.68. The van der Waals surface area contributed by atoms with E-state index in [0.29, 0.717) is 6.54 Å². The number of aromatic nitrogens is 2. The zero-order valence-electron chi connectivity index (χ0n) is 10.9. The lowest BCUT2D eigenvalue weighted by molar-refractivity contribution is 0.296. The fraction of sp³-hybridized carbons (Fsp3) is 0.583. The van der Waals surface area contributed by atoms with E-state index in [9.17, 15) is 0 Å². The quantitative estimate of drug-likeness (QED) is 0.833. The van der Waals surface area contributed by atoms with Crippen molar-refractivity contribution in [3.05, 3.63) is 17.6 Å². The molecule has 0 saturated carbocycles. The van der Waals surface area contributed by atoms with Crippen LogP contribution in [-0.4, -0.2) is 35.5 Å². The van der Waals surface area contributed by atoms with Crippen molar-refractivity contribution >= 4 is 5.82 Å². The molecular formula is C12H19N5. The maximum absolute atomic E-state index is 8.76. The number of hydrogen-bond acceptors (Lipinski definition) is 5. The minimum absolute atomic E-state index is 0.0218. The molecule has 1 atom stereocenters. The lowest BCUT2D eigenvalue weighted by Gasteiger charge is -2.17. The SMILES string of the molecule is CNc1cc(C)nc(CN(C)CC(C)C#N)n1. The Morgan fingerprint density at radius 3 is 2.82 bits per heavy atom. The summed E-state index contributed by atoms with van der Waals surface area (Å²) < 4.78 is 0. The monoisotopic (exact) mass is 233 g/mol. The summed E-state index contributed by atoms with van der Waals surface area (Å²) in [5.74, 6) is 1.63. The van der Waals surface area contributed by atoms with Crippen LogP contribution in [0.1, 0.15) is 18.4 Å². The molecule has 5 nitrogen and oxygen atoms in total. The van der Waals surface area contributed by atoms with Crippen molar-refractivity contribution in [3.8, 4) is 6.07 Å². The number of hydrogen-bond donors (Lipinski definition) is 1. The smallest absolute Gasteiger partial charge is 0.144 e. The number of anilines is 1. The maximum Gasteiger partial charge on any atom is 0.144 e. The van der Waals surface area contributed by atoms with E-state index >= 15 is 0 Å². The molecule has 17 heavy (non-hydrogen) atoms. The van der Waals surface area contributed by atoms with Gasteiger partial charge in [0.25, 0.3) is 0 Å². The van der Waals surface area contributed by atoms with E-state index in [-0.39, 0.29) is 5.92 Å². The van der Waals surface area contributed by atoms with Crippen LogP contribution in [0.25, 0.3) is 0 Å². The second-order valence-corrected chi connectivity index (χ2v) is 4.29. The molecule has 92 valence electrons. The summed E-state index contributed by atoms with van der Waals surface area (Å²) in [7, 11) is 3.81. The first-order valence-corrected chi connectivity index (χ1v) is 5.65. The molecule has 0 aromatic carbocycles. The predicted octanol–water partition coefficient (Wildman–Crippen LogP) is 1.42. The maximum atomic E-state index is 8.76. The van der Waals surface area contributed by atoms with Gasteiger partial charge in [0.05, 0.1) is 18.5 Å². The van der Waals surface area contributed by atoms with E-state index < -0.39 is 0 Å². The summed E-state index contributed by atoms with van der Waals surface area (Å²) in [5.41, 5.74) is 0.945. The molecule has 0 radical (unpaired) electrons. The number of nitrogens with one attached hydrogen (secondary N) is 1. The molecule has 1 unspecified atom stereocenters. The minimum Gasteiger partial charge on any atom is -0.373 e. The Bertz CT molecular complexity index is 410. The highest BCUT2D eigenvalue weighted by molar-refractivity contribution is 5.34. The van der Waals surface area contributed by atoms with Crippen molar-refractivity contribution in [2.24, 2.45) is 5.92 Å². The highest BCUT2D eigenvalue weighted by Crippen LogP contribution is 2.07. The summed E-state index contributed by atoms with van der Waals surface area (Å²) in [4.78, 5) is 10.8. The number of aryl methyl sites for hydroxylation is 1. The first kappa shape index (κ1) is 13.4. The van der Waals surface area contributed by atoms with Gasteiger partial charge in [-0.3, -0.25) is 4.90 Å². The van der Waals surface area contributed by atoms with Crippen LogP contribution in [0.5, 0.6) is 0 Å². The third-order valence-corrected chi connectivity index (χ3v) is 2.37. The first-order chi connectivity index (χ1) is 8.05. The second kappa shape index (κ2) is 6.16. The normalized spacial score (nSPS) is 12.2. The summed E-state index contributed by atoms with van der Waals surface area (Å²) in [6.45, 7) is 5.24. The summed E-state index contributed by atoms with van der Waals surface area (Å²) in [5, 5.41) is 11.8. The van der Waals surface area contributed by atoms with E-state index in [1.54, 1.807) is 0 Å². The Labute approximate surface area is 102 Å². The zero-order valence-corrected chi connectivity index (χ0v) is 10.9. The molecule has 0 amide bonds. The van der Waals surface area contributed by atoms with Gasteiger partial charge in [-0.15, -0.1) is 0 Å². The lowest BCUT2D eigenvalue weighted by Crippen LogP contribution is -2.24. The van der Waals surface area contributed by atoms with Gasteiger partial charge in [0, 0.05) is 25.4 Å². The van der Waals surface area contributed by atoms with Crippen molar-refractivity contribution in [1.29, 1.82) is 5.26 Å². The topological polar surface area (TPSA) is 64.8 Å². The minimum atomic E-state index is 0.0218. The molecule has 5 heteroatoms. The number of rotatable bonds is 5. The van der Waals surface area contributed by atoms with Gasteiger partial charge in [0.1, 0.15) is 11.6 Å². The second-order valence-electron chi connectivity index (χ2n) is 4.29. The van der Waals surface area contributed by atoms with Crippen LogP contribution in [0.15, 0.2) is 6.07 Å². The third kappa shape index (κ3) is 4.37. The molecule has 1 heterocycles. The Kier molecular flexibility index (Phi) is 4.85. The predicted molar refractivity (Wildman–Crippen MR) is 67.4 cm³/mol. The molecule has 0 fully saturated rings. The van der Waals surface area contributed by atoms with Crippen molar-refractivity contribution in [2.45, 2.75) is 20.4 Å². The van der Waals surface area contributed by atoms with Crippen LogP contribution >= 0.6 is 0 Å². The zero-order chi connectivity index (χ0) is 12.8. The van der Waals surface area contributed by atoms with Gasteiger partial charge in [-0.1, -0.05) is 0 Å². The lowest BCUT2D eigenvalue weighted by atomic mass is 10.2. The summed E-state index contributed by atoms with van der Waals surface area (Å²) in [6.07, 6.45) is 0. The highest BCUT2D eigenvalue weighted by atomic mass is 15.1. The molecule has 1 rings (SSSR count). The van der Waals surface area contributed by atoms with Gasteiger partial charge in [0.15, 0.2) is 0 Å². The fourth-order valence-corrected chi connectivity index (χ4v) is 1.64. The first-order valence-electron chi connectivity index (χ1n) is 5.65. The van der Waals surface area contributed by atoms with Crippen LogP contribution in [0.4, 0.5) is 5.82 Å². The largest absolute Gasteiger partial charge is 0.373 e. The fourth-order valence-electron chi connectivity index (χ4n) is 1.64. The van der Waals surface area contributed by atoms with Crippen LogP contribution in [0.3, 0.4) is 0 Å². The molecule has 0 aliphatic rings. The molecule has 1 aromatic heterocycles. The van der Waals surface area contributed by atoms with E-state index in [2.05, 4.69) is 26.3 Å². The molecule has 0 aliphatic carbocycles.